The normalized spacial score (nSPS) is 30.2. The van der Waals surface area contributed by atoms with Crippen LogP contribution >= 0.6 is 11.8 Å². The highest BCUT2D eigenvalue weighted by Gasteiger charge is 2.30. The molecule has 3 unspecified atom stereocenters. The molecule has 0 saturated carbocycles. The van der Waals surface area contributed by atoms with Crippen molar-refractivity contribution in [3.05, 3.63) is 0 Å². The van der Waals surface area contributed by atoms with E-state index in [-0.39, 0.29) is 12.1 Å². The Morgan fingerprint density at radius 3 is 2.63 bits per heavy atom. The Morgan fingerprint density at radius 2 is 2.00 bits per heavy atom. The molecule has 7 heteroatoms. The third kappa shape index (κ3) is 4.58. The predicted molar refractivity (Wildman–Crippen MR) is 72.4 cm³/mol. The molecule has 2 aliphatic rings. The van der Waals surface area contributed by atoms with E-state index in [1.165, 1.54) is 5.75 Å². The van der Waals surface area contributed by atoms with Gasteiger partial charge in [-0.15, -0.1) is 0 Å². The predicted octanol–water partition coefficient (Wildman–Crippen LogP) is 0.671. The molecule has 2 aliphatic heterocycles. The molecule has 6 nitrogen and oxygen atoms in total. The molecule has 2 fully saturated rings. The number of hydrogen-bond donors (Lipinski definition) is 3. The average molecular weight is 288 g/mol. The first-order valence-electron chi connectivity index (χ1n) is 6.63. The maximum absolute atomic E-state index is 11.6. The van der Waals surface area contributed by atoms with Crippen molar-refractivity contribution >= 4 is 23.8 Å². The molecule has 2 rings (SSSR count). The SMILES string of the molecule is O=C(NCC1CCSC1)NCC1CCC(C(=O)O)O1. The molecular formula is C12H20N2O4S. The number of thioether (sulfide) groups is 1. The number of aliphatic carboxylic acids is 1. The van der Waals surface area contributed by atoms with Crippen LogP contribution in [0.1, 0.15) is 19.3 Å². The lowest BCUT2D eigenvalue weighted by atomic mass is 10.1. The first-order valence-corrected chi connectivity index (χ1v) is 7.78. The molecule has 0 aromatic rings. The summed E-state index contributed by atoms with van der Waals surface area (Å²) in [6.45, 7) is 1.08. The average Bonchev–Trinajstić information content (AvgIpc) is 3.05. The van der Waals surface area contributed by atoms with E-state index in [0.29, 0.717) is 31.8 Å². The van der Waals surface area contributed by atoms with E-state index in [2.05, 4.69) is 10.6 Å². The minimum Gasteiger partial charge on any atom is -0.479 e. The highest BCUT2D eigenvalue weighted by molar-refractivity contribution is 7.99. The number of ether oxygens (including phenoxy) is 1. The summed E-state index contributed by atoms with van der Waals surface area (Å²) < 4.78 is 5.31. The van der Waals surface area contributed by atoms with Crippen molar-refractivity contribution in [2.24, 2.45) is 5.92 Å². The number of carboxylic acid groups (broad SMARTS) is 1. The van der Waals surface area contributed by atoms with E-state index in [4.69, 9.17) is 9.84 Å². The van der Waals surface area contributed by atoms with Crippen molar-refractivity contribution in [3.63, 3.8) is 0 Å². The molecular weight excluding hydrogens is 268 g/mol. The maximum Gasteiger partial charge on any atom is 0.332 e. The van der Waals surface area contributed by atoms with Gasteiger partial charge in [-0.05, 0) is 36.7 Å². The fourth-order valence-electron chi connectivity index (χ4n) is 2.29. The van der Waals surface area contributed by atoms with Crippen molar-refractivity contribution < 1.29 is 19.4 Å². The Hall–Kier alpha value is -0.950. The van der Waals surface area contributed by atoms with Crippen molar-refractivity contribution in [1.82, 2.24) is 10.6 Å². The number of carboxylic acids is 1. The van der Waals surface area contributed by atoms with Crippen LogP contribution in [0.4, 0.5) is 4.79 Å². The molecule has 0 aromatic carbocycles. The van der Waals surface area contributed by atoms with Gasteiger partial charge in [-0.2, -0.15) is 11.8 Å². The van der Waals surface area contributed by atoms with Gasteiger partial charge in [-0.1, -0.05) is 0 Å². The molecule has 108 valence electrons. The lowest BCUT2D eigenvalue weighted by Crippen LogP contribution is -2.41. The molecule has 0 spiro atoms. The fourth-order valence-corrected chi connectivity index (χ4v) is 3.57. The van der Waals surface area contributed by atoms with Crippen LogP contribution in [-0.2, 0) is 9.53 Å². The van der Waals surface area contributed by atoms with E-state index in [1.807, 2.05) is 11.8 Å². The number of urea groups is 1. The Morgan fingerprint density at radius 1 is 1.21 bits per heavy atom. The largest absolute Gasteiger partial charge is 0.479 e. The van der Waals surface area contributed by atoms with Gasteiger partial charge in [0, 0.05) is 13.1 Å². The highest BCUT2D eigenvalue weighted by Crippen LogP contribution is 2.22. The summed E-state index contributed by atoms with van der Waals surface area (Å²) in [6.07, 6.45) is 1.45. The minimum atomic E-state index is -0.925. The molecule has 2 amide bonds. The van der Waals surface area contributed by atoms with E-state index >= 15 is 0 Å². The number of amides is 2. The van der Waals surface area contributed by atoms with Crippen molar-refractivity contribution in [1.29, 1.82) is 0 Å². The topological polar surface area (TPSA) is 87.7 Å². The van der Waals surface area contributed by atoms with Gasteiger partial charge in [0.1, 0.15) is 0 Å². The second kappa shape index (κ2) is 7.00. The number of carbonyl (C=O) groups is 2. The minimum absolute atomic E-state index is 0.186. The van der Waals surface area contributed by atoms with Crippen LogP contribution in [0.15, 0.2) is 0 Å². The lowest BCUT2D eigenvalue weighted by molar-refractivity contribution is -0.149. The number of nitrogens with one attached hydrogen (secondary N) is 2. The first-order chi connectivity index (χ1) is 9.15. The molecule has 0 bridgehead atoms. The number of rotatable bonds is 5. The molecule has 0 aromatic heterocycles. The number of carbonyl (C=O) groups excluding carboxylic acids is 1. The van der Waals surface area contributed by atoms with Gasteiger partial charge in [0.25, 0.3) is 0 Å². The summed E-state index contributed by atoms with van der Waals surface area (Å²) in [4.78, 5) is 22.3. The molecule has 19 heavy (non-hydrogen) atoms. The van der Waals surface area contributed by atoms with Crippen LogP contribution in [0.5, 0.6) is 0 Å². The Balaban J connectivity index is 1.57. The summed E-state index contributed by atoms with van der Waals surface area (Å²) in [5, 5.41) is 14.4. The Labute approximate surface area is 116 Å². The van der Waals surface area contributed by atoms with Crippen LogP contribution in [0, 0.1) is 5.92 Å². The molecule has 0 radical (unpaired) electrons. The molecule has 0 aliphatic carbocycles. The van der Waals surface area contributed by atoms with Crippen LogP contribution in [0.2, 0.25) is 0 Å². The zero-order chi connectivity index (χ0) is 13.7. The van der Waals surface area contributed by atoms with Gasteiger partial charge >= 0.3 is 12.0 Å². The summed E-state index contributed by atoms with van der Waals surface area (Å²) >= 11 is 1.92. The van der Waals surface area contributed by atoms with Crippen LogP contribution in [0.3, 0.4) is 0 Å². The van der Waals surface area contributed by atoms with Crippen LogP contribution in [0.25, 0.3) is 0 Å². The monoisotopic (exact) mass is 288 g/mol. The third-order valence-electron chi connectivity index (χ3n) is 3.45. The first kappa shape index (κ1) is 14.5. The van der Waals surface area contributed by atoms with Crippen molar-refractivity contribution in [2.45, 2.75) is 31.5 Å². The van der Waals surface area contributed by atoms with Gasteiger partial charge in [-0.3, -0.25) is 0 Å². The second-order valence-corrected chi connectivity index (χ2v) is 6.13. The summed E-state index contributed by atoms with van der Waals surface area (Å²) in [6, 6.07) is -0.195. The third-order valence-corrected chi connectivity index (χ3v) is 4.68. The summed E-state index contributed by atoms with van der Waals surface area (Å²) in [5.41, 5.74) is 0. The molecule has 3 atom stereocenters. The Kier molecular flexibility index (Phi) is 5.33. The van der Waals surface area contributed by atoms with Gasteiger partial charge in [0.05, 0.1) is 6.10 Å². The maximum atomic E-state index is 11.6. The summed E-state index contributed by atoms with van der Waals surface area (Å²) in [5.74, 6) is 1.95. The summed E-state index contributed by atoms with van der Waals surface area (Å²) in [7, 11) is 0. The fraction of sp³-hybridized carbons (Fsp3) is 0.833. The molecule has 2 heterocycles. The van der Waals surface area contributed by atoms with Crippen molar-refractivity contribution in [3.8, 4) is 0 Å². The van der Waals surface area contributed by atoms with E-state index < -0.39 is 12.1 Å². The van der Waals surface area contributed by atoms with Crippen molar-refractivity contribution in [2.75, 3.05) is 24.6 Å². The smallest absolute Gasteiger partial charge is 0.332 e. The quantitative estimate of drug-likeness (QED) is 0.692. The number of hydrogen-bond acceptors (Lipinski definition) is 4. The lowest BCUT2D eigenvalue weighted by Gasteiger charge is -2.14. The van der Waals surface area contributed by atoms with Gasteiger partial charge < -0.3 is 20.5 Å². The second-order valence-electron chi connectivity index (χ2n) is 4.98. The standard InChI is InChI=1S/C12H20N2O4S/c15-11(16)10-2-1-9(18-10)6-14-12(17)13-5-8-3-4-19-7-8/h8-10H,1-7H2,(H,15,16)(H2,13,14,17). The van der Waals surface area contributed by atoms with Crippen LogP contribution < -0.4 is 10.6 Å². The van der Waals surface area contributed by atoms with Gasteiger partial charge in [0.2, 0.25) is 0 Å². The van der Waals surface area contributed by atoms with E-state index in [9.17, 15) is 9.59 Å². The zero-order valence-corrected chi connectivity index (χ0v) is 11.6. The van der Waals surface area contributed by atoms with Crippen LogP contribution in [-0.4, -0.2) is 53.9 Å². The Bertz CT molecular complexity index is 334. The molecule has 3 N–H and O–H groups in total. The molecule has 2 saturated heterocycles. The van der Waals surface area contributed by atoms with E-state index in [0.717, 1.165) is 12.2 Å². The highest BCUT2D eigenvalue weighted by atomic mass is 32.2. The zero-order valence-electron chi connectivity index (χ0n) is 10.8. The van der Waals surface area contributed by atoms with E-state index in [1.54, 1.807) is 0 Å². The van der Waals surface area contributed by atoms with Gasteiger partial charge in [0.15, 0.2) is 6.10 Å². The van der Waals surface area contributed by atoms with Gasteiger partial charge in [-0.25, -0.2) is 9.59 Å².